The van der Waals surface area contributed by atoms with Crippen LogP contribution in [-0.4, -0.2) is 30.1 Å². The minimum atomic E-state index is -0.941. The number of carboxylic acid groups (broad SMARTS) is 1. The summed E-state index contributed by atoms with van der Waals surface area (Å²) in [6.07, 6.45) is 4.50. The Bertz CT molecular complexity index is 708. The smallest absolute Gasteiger partial charge is 0.335 e. The topological polar surface area (TPSA) is 75.6 Å². The number of carboxylic acids is 1. The number of benzene rings is 2. The number of ether oxygens (including phenoxy) is 1. The molecule has 0 aliphatic carbocycles. The molecule has 0 saturated carbocycles. The third kappa shape index (κ3) is 6.24. The van der Waals surface area contributed by atoms with Gasteiger partial charge in [0.1, 0.15) is 5.75 Å². The molecule has 2 aromatic rings. The quantitative estimate of drug-likeness (QED) is 0.629. The van der Waals surface area contributed by atoms with Gasteiger partial charge in [0.25, 0.3) is 5.91 Å². The van der Waals surface area contributed by atoms with Crippen LogP contribution in [0.15, 0.2) is 48.5 Å². The van der Waals surface area contributed by atoms with E-state index in [0.717, 1.165) is 24.0 Å². The molecule has 138 valence electrons. The van der Waals surface area contributed by atoms with Gasteiger partial charge in [-0.15, -0.1) is 0 Å². The van der Waals surface area contributed by atoms with E-state index in [2.05, 4.69) is 12.2 Å². The highest BCUT2D eigenvalue weighted by atomic mass is 16.5. The number of unbranched alkanes of at least 4 members (excludes halogenated alkanes) is 3. The summed E-state index contributed by atoms with van der Waals surface area (Å²) in [5, 5.41) is 11.8. The van der Waals surface area contributed by atoms with Crippen LogP contribution < -0.4 is 10.1 Å². The van der Waals surface area contributed by atoms with Gasteiger partial charge in [0, 0.05) is 6.54 Å². The minimum absolute atomic E-state index is 0.000430. The predicted molar refractivity (Wildman–Crippen MR) is 101 cm³/mol. The largest absolute Gasteiger partial charge is 0.484 e. The molecule has 0 bridgehead atoms. The van der Waals surface area contributed by atoms with Gasteiger partial charge in [0.05, 0.1) is 5.56 Å². The standard InChI is InChI=1S/C21H25NO4/c1-2-3-4-5-14-22-20(23)15-26-19-12-10-17(11-13-19)16-6-8-18(9-7-16)21(24)25/h6-13H,2-5,14-15H2,1H3,(H,22,23)(H,24,25). The zero-order valence-electron chi connectivity index (χ0n) is 15.0. The highest BCUT2D eigenvalue weighted by Crippen LogP contribution is 2.22. The maximum Gasteiger partial charge on any atom is 0.335 e. The van der Waals surface area contributed by atoms with Crippen molar-refractivity contribution in [1.29, 1.82) is 0 Å². The van der Waals surface area contributed by atoms with Crippen LogP contribution in [0.3, 0.4) is 0 Å². The van der Waals surface area contributed by atoms with Crippen LogP contribution in [-0.2, 0) is 4.79 Å². The minimum Gasteiger partial charge on any atom is -0.484 e. The van der Waals surface area contributed by atoms with E-state index in [1.807, 2.05) is 12.1 Å². The third-order valence-corrected chi connectivity index (χ3v) is 4.04. The van der Waals surface area contributed by atoms with Crippen LogP contribution in [0.25, 0.3) is 11.1 Å². The third-order valence-electron chi connectivity index (χ3n) is 4.04. The predicted octanol–water partition coefficient (Wildman–Crippen LogP) is 4.13. The number of aromatic carboxylic acids is 1. The maximum absolute atomic E-state index is 11.7. The molecule has 0 heterocycles. The molecule has 0 radical (unpaired) electrons. The number of hydrogen-bond acceptors (Lipinski definition) is 3. The summed E-state index contributed by atoms with van der Waals surface area (Å²) in [5.41, 5.74) is 2.13. The van der Waals surface area contributed by atoms with Crippen LogP contribution in [0.1, 0.15) is 43.0 Å². The van der Waals surface area contributed by atoms with Gasteiger partial charge in [-0.2, -0.15) is 0 Å². The first-order chi connectivity index (χ1) is 12.6. The number of nitrogens with one attached hydrogen (secondary N) is 1. The van der Waals surface area contributed by atoms with E-state index in [4.69, 9.17) is 9.84 Å². The summed E-state index contributed by atoms with van der Waals surface area (Å²) in [4.78, 5) is 22.6. The van der Waals surface area contributed by atoms with Gasteiger partial charge in [-0.25, -0.2) is 4.79 Å². The molecular formula is C21H25NO4. The molecule has 5 nitrogen and oxygen atoms in total. The first kappa shape index (κ1) is 19.5. The van der Waals surface area contributed by atoms with Crippen molar-refractivity contribution in [3.8, 4) is 16.9 Å². The Morgan fingerprint density at radius 3 is 2.12 bits per heavy atom. The lowest BCUT2D eigenvalue weighted by Crippen LogP contribution is -2.29. The zero-order valence-corrected chi connectivity index (χ0v) is 15.0. The van der Waals surface area contributed by atoms with E-state index in [9.17, 15) is 9.59 Å². The van der Waals surface area contributed by atoms with E-state index < -0.39 is 5.97 Å². The molecule has 2 rings (SSSR count). The molecule has 26 heavy (non-hydrogen) atoms. The molecule has 0 aliphatic rings. The summed E-state index contributed by atoms with van der Waals surface area (Å²) >= 11 is 0. The molecule has 0 aromatic heterocycles. The Labute approximate surface area is 154 Å². The van der Waals surface area contributed by atoms with Gasteiger partial charge in [0.2, 0.25) is 0 Å². The molecule has 2 N–H and O–H groups in total. The van der Waals surface area contributed by atoms with Gasteiger partial charge >= 0.3 is 5.97 Å². The van der Waals surface area contributed by atoms with Crippen LogP contribution in [0, 0.1) is 0 Å². The lowest BCUT2D eigenvalue weighted by molar-refractivity contribution is -0.123. The van der Waals surface area contributed by atoms with Gasteiger partial charge in [-0.05, 0) is 41.8 Å². The van der Waals surface area contributed by atoms with Gasteiger partial charge in [-0.3, -0.25) is 4.79 Å². The summed E-state index contributed by atoms with van der Waals surface area (Å²) in [6.45, 7) is 2.84. The van der Waals surface area contributed by atoms with Crippen molar-refractivity contribution in [1.82, 2.24) is 5.32 Å². The lowest BCUT2D eigenvalue weighted by atomic mass is 10.0. The number of rotatable bonds is 10. The first-order valence-corrected chi connectivity index (χ1v) is 8.93. The second-order valence-electron chi connectivity index (χ2n) is 6.11. The highest BCUT2D eigenvalue weighted by Gasteiger charge is 2.05. The second-order valence-corrected chi connectivity index (χ2v) is 6.11. The van der Waals surface area contributed by atoms with Crippen LogP contribution in [0.4, 0.5) is 0 Å². The van der Waals surface area contributed by atoms with E-state index in [-0.39, 0.29) is 18.1 Å². The van der Waals surface area contributed by atoms with Crippen LogP contribution in [0.2, 0.25) is 0 Å². The molecule has 0 fully saturated rings. The van der Waals surface area contributed by atoms with Crippen LogP contribution >= 0.6 is 0 Å². The Morgan fingerprint density at radius 1 is 0.923 bits per heavy atom. The van der Waals surface area contributed by atoms with Gasteiger partial charge < -0.3 is 15.2 Å². The summed E-state index contributed by atoms with van der Waals surface area (Å²) in [5.74, 6) is -0.434. The van der Waals surface area contributed by atoms with Crippen molar-refractivity contribution in [3.05, 3.63) is 54.1 Å². The summed E-state index contributed by atoms with van der Waals surface area (Å²) < 4.78 is 5.50. The molecule has 0 spiro atoms. The van der Waals surface area contributed by atoms with Crippen molar-refractivity contribution in [3.63, 3.8) is 0 Å². The summed E-state index contributed by atoms with van der Waals surface area (Å²) in [7, 11) is 0. The number of carbonyl (C=O) groups is 2. The second kappa shape index (κ2) is 10.2. The van der Waals surface area contributed by atoms with Gasteiger partial charge in [-0.1, -0.05) is 50.5 Å². The fourth-order valence-corrected chi connectivity index (χ4v) is 2.53. The highest BCUT2D eigenvalue weighted by molar-refractivity contribution is 5.88. The number of carbonyl (C=O) groups excluding carboxylic acids is 1. The fraction of sp³-hybridized carbons (Fsp3) is 0.333. The normalized spacial score (nSPS) is 10.3. The zero-order chi connectivity index (χ0) is 18.8. The lowest BCUT2D eigenvalue weighted by Gasteiger charge is -2.08. The van der Waals surface area contributed by atoms with E-state index in [0.29, 0.717) is 12.3 Å². The van der Waals surface area contributed by atoms with E-state index in [1.54, 1.807) is 36.4 Å². The number of amides is 1. The van der Waals surface area contributed by atoms with Crippen molar-refractivity contribution in [2.75, 3.05) is 13.2 Å². The fourth-order valence-electron chi connectivity index (χ4n) is 2.53. The molecule has 0 saturated heterocycles. The van der Waals surface area contributed by atoms with E-state index >= 15 is 0 Å². The molecule has 5 heteroatoms. The Morgan fingerprint density at radius 2 is 1.54 bits per heavy atom. The van der Waals surface area contributed by atoms with Crippen LogP contribution in [0.5, 0.6) is 5.75 Å². The molecule has 0 aliphatic heterocycles. The molecular weight excluding hydrogens is 330 g/mol. The molecule has 0 unspecified atom stereocenters. The van der Waals surface area contributed by atoms with Crippen molar-refractivity contribution >= 4 is 11.9 Å². The maximum atomic E-state index is 11.7. The average Bonchev–Trinajstić information content (AvgIpc) is 2.66. The average molecular weight is 355 g/mol. The Balaban J connectivity index is 1.80. The Hall–Kier alpha value is -2.82. The SMILES string of the molecule is CCCCCCNC(=O)COc1ccc(-c2ccc(C(=O)O)cc2)cc1. The molecule has 0 atom stereocenters. The first-order valence-electron chi connectivity index (χ1n) is 8.93. The van der Waals surface area contributed by atoms with Gasteiger partial charge in [0.15, 0.2) is 6.61 Å². The van der Waals surface area contributed by atoms with Crippen molar-refractivity contribution < 1.29 is 19.4 Å². The van der Waals surface area contributed by atoms with Crippen molar-refractivity contribution in [2.45, 2.75) is 32.6 Å². The monoisotopic (exact) mass is 355 g/mol. The van der Waals surface area contributed by atoms with E-state index in [1.165, 1.54) is 12.8 Å². The summed E-state index contributed by atoms with van der Waals surface area (Å²) in [6, 6.07) is 14.1. The van der Waals surface area contributed by atoms with Crippen molar-refractivity contribution in [2.24, 2.45) is 0 Å². The molecule has 1 amide bonds. The Kier molecular flexibility index (Phi) is 7.68. The number of hydrogen-bond donors (Lipinski definition) is 2. The molecule has 2 aromatic carbocycles.